The Bertz CT molecular complexity index is 659. The Balaban J connectivity index is 2.82. The second kappa shape index (κ2) is 10.5. The van der Waals surface area contributed by atoms with Crippen LogP contribution in [-0.2, 0) is 25.4 Å². The van der Waals surface area contributed by atoms with Gasteiger partial charge in [0.2, 0.25) is 8.32 Å². The van der Waals surface area contributed by atoms with Gasteiger partial charge >= 0.3 is 11.9 Å². The zero-order valence-corrected chi connectivity index (χ0v) is 21.2. The highest BCUT2D eigenvalue weighted by molar-refractivity contribution is 6.89. The van der Waals surface area contributed by atoms with Gasteiger partial charge in [-0.1, -0.05) is 84.1 Å². The first-order chi connectivity index (χ1) is 13.3. The number of rotatable bonds is 11. The molecule has 0 fully saturated rings. The third-order valence-electron chi connectivity index (χ3n) is 5.82. The van der Waals surface area contributed by atoms with Gasteiger partial charge in [-0.25, -0.2) is 0 Å². The lowest BCUT2D eigenvalue weighted by Gasteiger charge is -2.42. The Labute approximate surface area is 178 Å². The molecule has 0 saturated heterocycles. The predicted octanol–water partition coefficient (Wildman–Crippen LogP) is 4.85. The van der Waals surface area contributed by atoms with Gasteiger partial charge in [0.15, 0.2) is 0 Å². The summed E-state index contributed by atoms with van der Waals surface area (Å²) in [5.41, 5.74) is 2.80. The molecule has 0 spiro atoms. The lowest BCUT2D eigenvalue weighted by atomic mass is 10.2. The van der Waals surface area contributed by atoms with Crippen molar-refractivity contribution in [3.63, 3.8) is 0 Å². The molecule has 1 N–H and O–H groups in total. The molecular weight excluding hydrogens is 400 g/mol. The van der Waals surface area contributed by atoms with Crippen molar-refractivity contribution >= 4 is 33.5 Å². The van der Waals surface area contributed by atoms with E-state index in [1.54, 1.807) is 0 Å². The summed E-state index contributed by atoms with van der Waals surface area (Å²) < 4.78 is 11.9. The Hall–Kier alpha value is -1.45. The Morgan fingerprint density at radius 1 is 0.931 bits per heavy atom. The molecule has 29 heavy (non-hydrogen) atoms. The molecule has 1 aromatic carbocycles. The van der Waals surface area contributed by atoms with Gasteiger partial charge in [-0.05, 0) is 22.2 Å². The lowest BCUT2D eigenvalue weighted by molar-refractivity contribution is -0.150. The number of carboxylic acids is 1. The third-order valence-corrected chi connectivity index (χ3v) is 14.6. The topological polar surface area (TPSA) is 72.8 Å². The van der Waals surface area contributed by atoms with Crippen LogP contribution in [0.4, 0.5) is 0 Å². The SMILES string of the molecule is CC(C)[Si](OCc1ccc([Si](C)(C)COC(=O)CC(=O)O)cc1)(C(C)C)C(C)C. The van der Waals surface area contributed by atoms with Crippen molar-refractivity contribution in [2.24, 2.45) is 0 Å². The van der Waals surface area contributed by atoms with Crippen LogP contribution in [0.3, 0.4) is 0 Å². The third kappa shape index (κ3) is 6.79. The molecule has 0 radical (unpaired) electrons. The maximum Gasteiger partial charge on any atom is 0.316 e. The number of esters is 1. The average Bonchev–Trinajstić information content (AvgIpc) is 2.59. The number of aliphatic carboxylic acids is 1. The average molecular weight is 439 g/mol. The van der Waals surface area contributed by atoms with E-state index in [0.29, 0.717) is 23.2 Å². The molecule has 0 saturated carbocycles. The summed E-state index contributed by atoms with van der Waals surface area (Å²) in [6.45, 7) is 18.6. The number of carboxylic acid groups (broad SMARTS) is 1. The van der Waals surface area contributed by atoms with Crippen LogP contribution >= 0.6 is 0 Å². The largest absolute Gasteiger partial charge is 0.481 e. The van der Waals surface area contributed by atoms with Gasteiger partial charge in [0, 0.05) is 0 Å². The van der Waals surface area contributed by atoms with Crippen LogP contribution in [0.25, 0.3) is 0 Å². The monoisotopic (exact) mass is 438 g/mol. The van der Waals surface area contributed by atoms with Crippen molar-refractivity contribution < 1.29 is 23.9 Å². The van der Waals surface area contributed by atoms with Crippen molar-refractivity contribution in [3.8, 4) is 0 Å². The van der Waals surface area contributed by atoms with E-state index in [1.165, 1.54) is 5.19 Å². The van der Waals surface area contributed by atoms with E-state index < -0.39 is 34.8 Å². The predicted molar refractivity (Wildman–Crippen MR) is 123 cm³/mol. The van der Waals surface area contributed by atoms with Crippen LogP contribution in [0.5, 0.6) is 0 Å². The summed E-state index contributed by atoms with van der Waals surface area (Å²) in [7, 11) is -3.89. The highest BCUT2D eigenvalue weighted by Gasteiger charge is 2.44. The maximum atomic E-state index is 11.5. The number of hydrogen-bond donors (Lipinski definition) is 1. The maximum absolute atomic E-state index is 11.5. The van der Waals surface area contributed by atoms with Crippen LogP contribution in [0.1, 0.15) is 53.5 Å². The first kappa shape index (κ1) is 25.6. The normalized spacial score (nSPS) is 12.7. The molecule has 7 heteroatoms. The summed E-state index contributed by atoms with van der Waals surface area (Å²) >= 11 is 0. The van der Waals surface area contributed by atoms with Gasteiger partial charge in [0.25, 0.3) is 0 Å². The molecule has 0 atom stereocenters. The molecule has 0 aromatic heterocycles. The minimum atomic E-state index is -2.00. The van der Waals surface area contributed by atoms with E-state index in [4.69, 9.17) is 14.3 Å². The summed E-state index contributed by atoms with van der Waals surface area (Å²) in [5, 5.41) is 9.84. The lowest BCUT2D eigenvalue weighted by Crippen LogP contribution is -2.48. The molecule has 0 aliphatic heterocycles. The highest BCUT2D eigenvalue weighted by atomic mass is 28.4. The fraction of sp³-hybridized carbons (Fsp3) is 0.636. The van der Waals surface area contributed by atoms with Crippen LogP contribution in [0.2, 0.25) is 29.7 Å². The standard InChI is InChI=1S/C22H38O5Si2/c1-16(2)29(17(3)4,18(5)6)27-14-19-9-11-20(12-10-19)28(7,8)15-26-22(25)13-21(23)24/h9-12,16-18H,13-15H2,1-8H3,(H,23,24). The first-order valence-electron chi connectivity index (χ1n) is 10.4. The second-order valence-corrected chi connectivity index (χ2v) is 19.5. The minimum Gasteiger partial charge on any atom is -0.481 e. The van der Waals surface area contributed by atoms with Crippen LogP contribution < -0.4 is 5.19 Å². The summed E-state index contributed by atoms with van der Waals surface area (Å²) in [4.78, 5) is 22.1. The minimum absolute atomic E-state index is 0.277. The van der Waals surface area contributed by atoms with Crippen molar-refractivity contribution in [1.82, 2.24) is 0 Å². The molecule has 1 aromatic rings. The van der Waals surface area contributed by atoms with E-state index in [1.807, 2.05) is 0 Å². The van der Waals surface area contributed by atoms with Crippen molar-refractivity contribution in [3.05, 3.63) is 29.8 Å². The van der Waals surface area contributed by atoms with Crippen molar-refractivity contribution in [2.45, 2.75) is 84.3 Å². The van der Waals surface area contributed by atoms with Gasteiger partial charge in [-0.15, -0.1) is 0 Å². The number of benzene rings is 1. The van der Waals surface area contributed by atoms with Crippen molar-refractivity contribution in [1.29, 1.82) is 0 Å². The summed E-state index contributed by atoms with van der Waals surface area (Å²) in [6.07, 6.45) is -0.313. The number of hydrogen-bond acceptors (Lipinski definition) is 4. The molecule has 0 bridgehead atoms. The van der Waals surface area contributed by atoms with Gasteiger partial charge in [-0.3, -0.25) is 9.59 Å². The highest BCUT2D eigenvalue weighted by Crippen LogP contribution is 2.42. The van der Waals surface area contributed by atoms with Crippen LogP contribution in [-0.4, -0.2) is 39.7 Å². The molecule has 0 unspecified atom stereocenters. The number of carbonyl (C=O) groups is 2. The molecule has 5 nitrogen and oxygen atoms in total. The molecule has 0 amide bonds. The first-order valence-corrected chi connectivity index (χ1v) is 15.8. The number of ether oxygens (including phenoxy) is 1. The van der Waals surface area contributed by atoms with E-state index in [2.05, 4.69) is 78.9 Å². The van der Waals surface area contributed by atoms with Gasteiger partial charge in [0.05, 0.1) is 12.8 Å². The molecule has 0 aliphatic rings. The molecule has 0 heterocycles. The zero-order chi connectivity index (χ0) is 22.4. The molecule has 164 valence electrons. The fourth-order valence-electron chi connectivity index (χ4n) is 4.28. The summed E-state index contributed by atoms with van der Waals surface area (Å²) in [6, 6.07) is 8.39. The second-order valence-electron chi connectivity index (χ2n) is 9.42. The van der Waals surface area contributed by atoms with E-state index >= 15 is 0 Å². The van der Waals surface area contributed by atoms with Gasteiger partial charge in [0.1, 0.15) is 14.5 Å². The molecule has 0 aliphatic carbocycles. The Morgan fingerprint density at radius 3 is 1.83 bits per heavy atom. The van der Waals surface area contributed by atoms with Crippen LogP contribution in [0, 0.1) is 0 Å². The fourth-order valence-corrected chi connectivity index (χ4v) is 11.5. The Morgan fingerprint density at radius 2 is 1.41 bits per heavy atom. The number of carbonyl (C=O) groups excluding carboxylic acids is 1. The molecular formula is C22H38O5Si2. The van der Waals surface area contributed by atoms with Crippen LogP contribution in [0.15, 0.2) is 24.3 Å². The van der Waals surface area contributed by atoms with E-state index in [9.17, 15) is 9.59 Å². The quantitative estimate of drug-likeness (QED) is 0.304. The van der Waals surface area contributed by atoms with Crippen molar-refractivity contribution in [2.75, 3.05) is 6.23 Å². The molecule has 1 rings (SSSR count). The van der Waals surface area contributed by atoms with Gasteiger partial charge < -0.3 is 14.3 Å². The zero-order valence-electron chi connectivity index (χ0n) is 19.2. The van der Waals surface area contributed by atoms with Gasteiger partial charge in [-0.2, -0.15) is 0 Å². The smallest absolute Gasteiger partial charge is 0.316 e. The Kier molecular flexibility index (Phi) is 9.30. The summed E-state index contributed by atoms with van der Waals surface area (Å²) in [5.74, 6) is -1.84. The van der Waals surface area contributed by atoms with E-state index in [-0.39, 0.29) is 6.23 Å². The van der Waals surface area contributed by atoms with E-state index in [0.717, 1.165) is 5.56 Å².